The molecule has 0 radical (unpaired) electrons. The van der Waals surface area contributed by atoms with E-state index in [0.29, 0.717) is 6.54 Å². The Kier molecular flexibility index (Phi) is 6.97. The summed E-state index contributed by atoms with van der Waals surface area (Å²) in [5.74, 6) is -0.306. The van der Waals surface area contributed by atoms with E-state index >= 15 is 0 Å². The summed E-state index contributed by atoms with van der Waals surface area (Å²) in [6, 6.07) is 6.23. The molecular formula is C17H27FN2O2. The number of nitrogens with zero attached hydrogens (tertiary/aromatic N) is 2. The third-order valence-corrected chi connectivity index (χ3v) is 3.89. The number of aliphatic hydroxyl groups is 1. The molecule has 1 amide bonds. The van der Waals surface area contributed by atoms with E-state index in [1.807, 2.05) is 25.7 Å². The van der Waals surface area contributed by atoms with Crippen molar-refractivity contribution >= 4 is 5.91 Å². The van der Waals surface area contributed by atoms with E-state index in [4.69, 9.17) is 0 Å². The predicted octanol–water partition coefficient (Wildman–Crippen LogP) is 2.44. The van der Waals surface area contributed by atoms with Crippen LogP contribution in [0.15, 0.2) is 24.3 Å². The van der Waals surface area contributed by atoms with Gasteiger partial charge in [0.05, 0.1) is 18.7 Å². The summed E-state index contributed by atoms with van der Waals surface area (Å²) in [5.41, 5.74) is 0.892. The molecule has 0 heterocycles. The molecule has 0 bridgehead atoms. The van der Waals surface area contributed by atoms with Crippen LogP contribution >= 0.6 is 0 Å². The fraction of sp³-hybridized carbons (Fsp3) is 0.588. The van der Waals surface area contributed by atoms with Crippen molar-refractivity contribution in [2.24, 2.45) is 0 Å². The molecule has 0 aliphatic rings. The second kappa shape index (κ2) is 8.25. The molecule has 0 aromatic heterocycles. The van der Waals surface area contributed by atoms with E-state index in [9.17, 15) is 14.3 Å². The minimum Gasteiger partial charge on any atom is -0.392 e. The summed E-state index contributed by atoms with van der Waals surface area (Å²) in [7, 11) is 1.75. The number of likely N-dealkylation sites (N-methyl/N-ethyl adjacent to an activating group) is 1. The van der Waals surface area contributed by atoms with Crippen LogP contribution in [0.4, 0.5) is 4.39 Å². The number of carbonyl (C=O) groups is 1. The van der Waals surface area contributed by atoms with Crippen LogP contribution in [-0.4, -0.2) is 53.1 Å². The first kappa shape index (κ1) is 18.6. The zero-order chi connectivity index (χ0) is 16.9. The average Bonchev–Trinajstić information content (AvgIpc) is 2.45. The molecule has 0 spiro atoms. The van der Waals surface area contributed by atoms with Crippen LogP contribution in [-0.2, 0) is 4.79 Å². The van der Waals surface area contributed by atoms with Gasteiger partial charge in [-0.3, -0.25) is 9.69 Å². The molecule has 4 nitrogen and oxygen atoms in total. The van der Waals surface area contributed by atoms with Gasteiger partial charge in [-0.2, -0.15) is 0 Å². The summed E-state index contributed by atoms with van der Waals surface area (Å²) < 4.78 is 13.0. The highest BCUT2D eigenvalue weighted by Crippen LogP contribution is 2.19. The number of rotatable bonds is 7. The van der Waals surface area contributed by atoms with Gasteiger partial charge in [-0.05, 0) is 45.4 Å². The molecule has 0 aliphatic heterocycles. The molecule has 2 unspecified atom stereocenters. The minimum atomic E-state index is -0.477. The Morgan fingerprint density at radius 1 is 1.18 bits per heavy atom. The van der Waals surface area contributed by atoms with Crippen LogP contribution in [0.2, 0.25) is 0 Å². The van der Waals surface area contributed by atoms with E-state index in [0.717, 1.165) is 5.56 Å². The maximum absolute atomic E-state index is 13.0. The maximum Gasteiger partial charge on any atom is 0.237 e. The third-order valence-electron chi connectivity index (χ3n) is 3.89. The molecule has 0 aliphatic carbocycles. The second-order valence-corrected chi connectivity index (χ2v) is 6.10. The first-order chi connectivity index (χ1) is 10.2. The predicted molar refractivity (Wildman–Crippen MR) is 86.0 cm³/mol. The second-order valence-electron chi connectivity index (χ2n) is 6.10. The summed E-state index contributed by atoms with van der Waals surface area (Å²) in [4.78, 5) is 16.1. The lowest BCUT2D eigenvalue weighted by Crippen LogP contribution is -2.44. The fourth-order valence-electron chi connectivity index (χ4n) is 2.26. The van der Waals surface area contributed by atoms with Crippen LogP contribution in [0.25, 0.3) is 0 Å². The van der Waals surface area contributed by atoms with Crippen LogP contribution < -0.4 is 0 Å². The van der Waals surface area contributed by atoms with Crippen LogP contribution in [0, 0.1) is 5.82 Å². The van der Waals surface area contributed by atoms with Gasteiger partial charge in [-0.1, -0.05) is 12.1 Å². The molecule has 1 N–H and O–H groups in total. The molecule has 0 saturated carbocycles. The summed E-state index contributed by atoms with van der Waals surface area (Å²) in [6.07, 6.45) is -0.477. The Morgan fingerprint density at radius 2 is 1.73 bits per heavy atom. The lowest BCUT2D eigenvalue weighted by molar-refractivity contribution is -0.133. The number of aliphatic hydroxyl groups excluding tert-OH is 1. The summed E-state index contributed by atoms with van der Waals surface area (Å²) >= 11 is 0. The summed E-state index contributed by atoms with van der Waals surface area (Å²) in [5, 5.41) is 9.53. The Morgan fingerprint density at radius 3 is 2.18 bits per heavy atom. The van der Waals surface area contributed by atoms with E-state index in [-0.39, 0.29) is 30.4 Å². The zero-order valence-corrected chi connectivity index (χ0v) is 14.1. The first-order valence-electron chi connectivity index (χ1n) is 7.65. The smallest absolute Gasteiger partial charge is 0.237 e. The monoisotopic (exact) mass is 310 g/mol. The van der Waals surface area contributed by atoms with Gasteiger partial charge in [0, 0.05) is 19.6 Å². The number of hydrogen-bond donors (Lipinski definition) is 1. The average molecular weight is 310 g/mol. The van der Waals surface area contributed by atoms with Gasteiger partial charge in [-0.15, -0.1) is 0 Å². The fourth-order valence-corrected chi connectivity index (χ4v) is 2.26. The molecule has 0 fully saturated rings. The van der Waals surface area contributed by atoms with Gasteiger partial charge in [0.1, 0.15) is 5.82 Å². The van der Waals surface area contributed by atoms with E-state index in [2.05, 4.69) is 0 Å². The largest absolute Gasteiger partial charge is 0.392 e. The van der Waals surface area contributed by atoms with E-state index in [1.54, 1.807) is 31.0 Å². The maximum atomic E-state index is 13.0. The Labute approximate surface area is 132 Å². The van der Waals surface area contributed by atoms with Crippen molar-refractivity contribution in [3.05, 3.63) is 35.6 Å². The highest BCUT2D eigenvalue weighted by Gasteiger charge is 2.22. The van der Waals surface area contributed by atoms with Gasteiger partial charge in [0.2, 0.25) is 5.91 Å². The summed E-state index contributed by atoms with van der Waals surface area (Å²) in [6.45, 7) is 8.34. The Balaban J connectivity index is 2.72. The number of hydrogen-bond acceptors (Lipinski definition) is 3. The highest BCUT2D eigenvalue weighted by molar-refractivity contribution is 5.78. The Bertz CT molecular complexity index is 474. The van der Waals surface area contributed by atoms with Crippen LogP contribution in [0.3, 0.4) is 0 Å². The van der Waals surface area contributed by atoms with Gasteiger partial charge in [0.25, 0.3) is 0 Å². The van der Waals surface area contributed by atoms with Gasteiger partial charge in [-0.25, -0.2) is 4.39 Å². The minimum absolute atomic E-state index is 0.0221. The van der Waals surface area contributed by atoms with Crippen LogP contribution in [0.5, 0.6) is 0 Å². The molecule has 1 aromatic carbocycles. The molecule has 5 heteroatoms. The van der Waals surface area contributed by atoms with Crippen molar-refractivity contribution in [2.75, 3.05) is 20.1 Å². The van der Waals surface area contributed by atoms with Gasteiger partial charge < -0.3 is 10.0 Å². The molecule has 1 rings (SSSR count). The SMILES string of the molecule is CC(O)CN(CC(=O)N(C)C(C)c1ccc(F)cc1)C(C)C. The van der Waals surface area contributed by atoms with E-state index in [1.165, 1.54) is 12.1 Å². The number of amides is 1. The molecule has 0 saturated heterocycles. The van der Waals surface area contributed by atoms with Crippen molar-refractivity contribution in [3.63, 3.8) is 0 Å². The van der Waals surface area contributed by atoms with Gasteiger partial charge >= 0.3 is 0 Å². The van der Waals surface area contributed by atoms with Crippen LogP contribution in [0.1, 0.15) is 39.3 Å². The lowest BCUT2D eigenvalue weighted by Gasteiger charge is -2.31. The molecule has 22 heavy (non-hydrogen) atoms. The highest BCUT2D eigenvalue weighted by atomic mass is 19.1. The Hall–Kier alpha value is -1.46. The molecule has 2 atom stereocenters. The lowest BCUT2D eigenvalue weighted by atomic mass is 10.1. The third kappa shape index (κ3) is 5.39. The van der Waals surface area contributed by atoms with Crippen molar-refractivity contribution in [2.45, 2.75) is 45.9 Å². The quantitative estimate of drug-likeness (QED) is 0.841. The zero-order valence-electron chi connectivity index (χ0n) is 14.1. The van der Waals surface area contributed by atoms with Crippen molar-refractivity contribution in [1.82, 2.24) is 9.80 Å². The number of halogens is 1. The molecular weight excluding hydrogens is 283 g/mol. The number of carbonyl (C=O) groups excluding carboxylic acids is 1. The number of benzene rings is 1. The first-order valence-corrected chi connectivity index (χ1v) is 7.65. The normalized spacial score (nSPS) is 14.2. The van der Waals surface area contributed by atoms with Crippen molar-refractivity contribution in [3.8, 4) is 0 Å². The van der Waals surface area contributed by atoms with E-state index < -0.39 is 6.10 Å². The van der Waals surface area contributed by atoms with Crippen molar-refractivity contribution < 1.29 is 14.3 Å². The molecule has 124 valence electrons. The standard InChI is InChI=1S/C17H27FN2O2/c1-12(2)20(10-13(3)21)11-17(22)19(5)14(4)15-6-8-16(18)9-7-15/h6-9,12-14,21H,10-11H2,1-5H3. The molecule has 1 aromatic rings. The van der Waals surface area contributed by atoms with Gasteiger partial charge in [0.15, 0.2) is 0 Å². The topological polar surface area (TPSA) is 43.8 Å². The van der Waals surface area contributed by atoms with Crippen molar-refractivity contribution in [1.29, 1.82) is 0 Å².